The van der Waals surface area contributed by atoms with Gasteiger partial charge in [-0.3, -0.25) is 9.58 Å². The average molecular weight is 338 g/mol. The minimum Gasteiger partial charge on any atom is -0.281 e. The predicted octanol–water partition coefficient (Wildman–Crippen LogP) is 1.69. The third-order valence-corrected chi connectivity index (χ3v) is 7.44. The van der Waals surface area contributed by atoms with E-state index in [-0.39, 0.29) is 5.75 Å². The number of hydrogen-bond donors (Lipinski definition) is 0. The van der Waals surface area contributed by atoms with Crippen molar-refractivity contribution in [3.05, 3.63) is 16.4 Å². The predicted molar refractivity (Wildman–Crippen MR) is 83.9 cm³/mol. The van der Waals surface area contributed by atoms with Crippen molar-refractivity contribution in [2.24, 2.45) is 7.05 Å². The Morgan fingerprint density at radius 3 is 2.75 bits per heavy atom. The second-order valence-electron chi connectivity index (χ2n) is 4.93. The lowest BCUT2D eigenvalue weighted by atomic mass is 10.2. The van der Waals surface area contributed by atoms with Crippen LogP contribution in [0, 0.1) is 6.92 Å². The van der Waals surface area contributed by atoms with E-state index in [1.807, 2.05) is 11.8 Å². The topological polar surface area (TPSA) is 55.2 Å². The number of hydrogen-bond acceptors (Lipinski definition) is 5. The lowest BCUT2D eigenvalue weighted by molar-refractivity contribution is 0.261. The molecule has 2 rings (SSSR count). The third kappa shape index (κ3) is 3.16. The molecular formula is C12H20ClN3O2S2. The number of halogens is 1. The van der Waals surface area contributed by atoms with E-state index in [1.165, 1.54) is 0 Å². The van der Waals surface area contributed by atoms with E-state index in [9.17, 15) is 8.42 Å². The fourth-order valence-electron chi connectivity index (χ4n) is 2.38. The molecule has 1 aliphatic heterocycles. The SMILES string of the molecule is CCS(=O)(=O)C1CSCCN1Cc1c(C)nn(C)c1Cl. The van der Waals surface area contributed by atoms with Gasteiger partial charge in [-0.2, -0.15) is 16.9 Å². The van der Waals surface area contributed by atoms with E-state index in [4.69, 9.17) is 11.6 Å². The van der Waals surface area contributed by atoms with Crippen LogP contribution in [0.25, 0.3) is 0 Å². The van der Waals surface area contributed by atoms with Crippen molar-refractivity contribution >= 4 is 33.2 Å². The molecule has 1 aromatic rings. The molecule has 0 aromatic carbocycles. The Balaban J connectivity index is 2.26. The molecule has 1 aliphatic rings. The standard InChI is InChI=1S/C12H20ClN3O2S2/c1-4-20(17,18)11-8-19-6-5-16(11)7-10-9(2)14-15(3)12(10)13/h11H,4-8H2,1-3H3. The number of thioether (sulfide) groups is 1. The molecule has 8 heteroatoms. The van der Waals surface area contributed by atoms with Gasteiger partial charge in [0, 0.05) is 43.0 Å². The number of sulfone groups is 1. The summed E-state index contributed by atoms with van der Waals surface area (Å²) in [6.07, 6.45) is 0. The van der Waals surface area contributed by atoms with Crippen molar-refractivity contribution in [2.75, 3.05) is 23.8 Å². The lowest BCUT2D eigenvalue weighted by Gasteiger charge is -2.34. The summed E-state index contributed by atoms with van der Waals surface area (Å²) in [6.45, 7) is 4.92. The zero-order chi connectivity index (χ0) is 14.9. The minimum atomic E-state index is -3.07. The first-order valence-electron chi connectivity index (χ1n) is 6.58. The summed E-state index contributed by atoms with van der Waals surface area (Å²) in [5, 5.41) is 4.46. The maximum atomic E-state index is 12.2. The van der Waals surface area contributed by atoms with Gasteiger partial charge in [0.25, 0.3) is 0 Å². The summed E-state index contributed by atoms with van der Waals surface area (Å²) in [4.78, 5) is 2.02. The van der Waals surface area contributed by atoms with Gasteiger partial charge in [-0.1, -0.05) is 18.5 Å². The zero-order valence-corrected chi connectivity index (χ0v) is 14.4. The smallest absolute Gasteiger partial charge is 0.166 e. The number of aromatic nitrogens is 2. The molecule has 0 saturated carbocycles. The normalized spacial score (nSPS) is 21.3. The summed E-state index contributed by atoms with van der Waals surface area (Å²) in [6, 6.07) is 0. The summed E-state index contributed by atoms with van der Waals surface area (Å²) >= 11 is 7.95. The molecule has 1 atom stereocenters. The van der Waals surface area contributed by atoms with Crippen LogP contribution in [0.4, 0.5) is 0 Å². The lowest BCUT2D eigenvalue weighted by Crippen LogP contribution is -2.47. The van der Waals surface area contributed by atoms with Crippen LogP contribution < -0.4 is 0 Å². The molecule has 1 unspecified atom stereocenters. The van der Waals surface area contributed by atoms with Crippen LogP contribution in [0.2, 0.25) is 5.15 Å². The van der Waals surface area contributed by atoms with Gasteiger partial charge in [0.15, 0.2) is 9.84 Å². The third-order valence-electron chi connectivity index (χ3n) is 3.64. The molecule has 2 heterocycles. The van der Waals surface area contributed by atoms with Crippen LogP contribution in [0.5, 0.6) is 0 Å². The Bertz CT molecular complexity index is 586. The van der Waals surface area contributed by atoms with Crippen molar-refractivity contribution in [3.63, 3.8) is 0 Å². The van der Waals surface area contributed by atoms with Crippen LogP contribution in [0.3, 0.4) is 0 Å². The first kappa shape index (κ1) is 16.1. The maximum Gasteiger partial charge on any atom is 0.166 e. The molecule has 114 valence electrons. The summed E-state index contributed by atoms with van der Waals surface area (Å²) in [7, 11) is -1.28. The number of aryl methyl sites for hydroxylation is 2. The Hall–Kier alpha value is -0.240. The molecule has 1 saturated heterocycles. The molecular weight excluding hydrogens is 318 g/mol. The second kappa shape index (κ2) is 6.25. The van der Waals surface area contributed by atoms with Crippen molar-refractivity contribution < 1.29 is 8.42 Å². The maximum absolute atomic E-state index is 12.2. The van der Waals surface area contributed by atoms with Gasteiger partial charge in [-0.05, 0) is 6.92 Å². The highest BCUT2D eigenvalue weighted by atomic mass is 35.5. The summed E-state index contributed by atoms with van der Waals surface area (Å²) in [5.74, 6) is 1.76. The first-order chi connectivity index (χ1) is 9.36. The van der Waals surface area contributed by atoms with E-state index < -0.39 is 15.2 Å². The highest BCUT2D eigenvalue weighted by Gasteiger charge is 2.33. The van der Waals surface area contributed by atoms with Crippen LogP contribution in [-0.2, 0) is 23.4 Å². The Morgan fingerprint density at radius 2 is 2.20 bits per heavy atom. The highest BCUT2D eigenvalue weighted by Crippen LogP contribution is 2.27. The molecule has 1 fully saturated rings. The van der Waals surface area contributed by atoms with Crippen molar-refractivity contribution in [1.82, 2.24) is 14.7 Å². The van der Waals surface area contributed by atoms with Gasteiger partial charge >= 0.3 is 0 Å². The van der Waals surface area contributed by atoms with Gasteiger partial charge in [0.1, 0.15) is 10.5 Å². The number of rotatable bonds is 4. The van der Waals surface area contributed by atoms with Crippen molar-refractivity contribution in [3.8, 4) is 0 Å². The Kier molecular flexibility index (Phi) is 5.05. The molecule has 0 N–H and O–H groups in total. The van der Waals surface area contributed by atoms with E-state index in [1.54, 1.807) is 30.4 Å². The van der Waals surface area contributed by atoms with E-state index in [0.717, 1.165) is 23.6 Å². The molecule has 0 amide bonds. The first-order valence-corrected chi connectivity index (χ1v) is 9.83. The molecule has 20 heavy (non-hydrogen) atoms. The van der Waals surface area contributed by atoms with Crippen molar-refractivity contribution in [1.29, 1.82) is 0 Å². The van der Waals surface area contributed by atoms with Gasteiger partial charge in [0.2, 0.25) is 0 Å². The molecule has 0 aliphatic carbocycles. The van der Waals surface area contributed by atoms with Crippen LogP contribution >= 0.6 is 23.4 Å². The monoisotopic (exact) mass is 337 g/mol. The zero-order valence-electron chi connectivity index (χ0n) is 12.0. The molecule has 5 nitrogen and oxygen atoms in total. The number of nitrogens with zero attached hydrogens (tertiary/aromatic N) is 3. The summed E-state index contributed by atoms with van der Waals surface area (Å²) < 4.78 is 26.1. The fraction of sp³-hybridized carbons (Fsp3) is 0.750. The molecule has 0 radical (unpaired) electrons. The van der Waals surface area contributed by atoms with E-state index in [2.05, 4.69) is 5.10 Å². The van der Waals surface area contributed by atoms with Gasteiger partial charge < -0.3 is 0 Å². The molecule has 0 spiro atoms. The van der Waals surface area contributed by atoms with Crippen molar-refractivity contribution in [2.45, 2.75) is 25.8 Å². The van der Waals surface area contributed by atoms with E-state index >= 15 is 0 Å². The Labute approximate surface area is 129 Å². The fourth-order valence-corrected chi connectivity index (χ4v) is 5.69. The molecule has 0 bridgehead atoms. The Morgan fingerprint density at radius 1 is 1.50 bits per heavy atom. The van der Waals surface area contributed by atoms with Gasteiger partial charge in [-0.15, -0.1) is 0 Å². The average Bonchev–Trinajstić information content (AvgIpc) is 2.66. The minimum absolute atomic E-state index is 0.175. The molecule has 1 aromatic heterocycles. The largest absolute Gasteiger partial charge is 0.281 e. The van der Waals surface area contributed by atoms with Crippen LogP contribution in [0.1, 0.15) is 18.2 Å². The second-order valence-corrected chi connectivity index (χ2v) is 8.89. The highest BCUT2D eigenvalue weighted by molar-refractivity contribution is 8.01. The van der Waals surface area contributed by atoms with Crippen LogP contribution in [-0.4, -0.2) is 52.3 Å². The van der Waals surface area contributed by atoms with E-state index in [0.29, 0.717) is 17.5 Å². The van der Waals surface area contributed by atoms with Crippen LogP contribution in [0.15, 0.2) is 0 Å². The quantitative estimate of drug-likeness (QED) is 0.837. The van der Waals surface area contributed by atoms with Gasteiger partial charge in [-0.25, -0.2) is 8.42 Å². The van der Waals surface area contributed by atoms with Gasteiger partial charge in [0.05, 0.1) is 5.69 Å². The summed E-state index contributed by atoms with van der Waals surface area (Å²) in [5.41, 5.74) is 1.79.